The van der Waals surface area contributed by atoms with Crippen LogP contribution < -0.4 is 10.2 Å². The molecule has 0 bridgehead atoms. The van der Waals surface area contributed by atoms with E-state index < -0.39 is 0 Å². The van der Waals surface area contributed by atoms with Crippen LogP contribution in [0.25, 0.3) is 0 Å². The number of hydrogen-bond acceptors (Lipinski definition) is 5. The quantitative estimate of drug-likeness (QED) is 0.928. The molecule has 1 aliphatic heterocycles. The molecule has 1 amide bonds. The van der Waals surface area contributed by atoms with Gasteiger partial charge in [-0.1, -0.05) is 6.92 Å². The maximum absolute atomic E-state index is 12.5. The van der Waals surface area contributed by atoms with E-state index in [9.17, 15) is 4.79 Å². The molecule has 0 saturated carbocycles. The summed E-state index contributed by atoms with van der Waals surface area (Å²) in [6.45, 7) is 3.70. The number of anilines is 2. The molecule has 0 spiro atoms. The van der Waals surface area contributed by atoms with Gasteiger partial charge < -0.3 is 10.2 Å². The van der Waals surface area contributed by atoms with E-state index in [-0.39, 0.29) is 11.8 Å². The SMILES string of the molecule is CCc1cc(NC(=O)C2CCN(c3cnccn3)CC2)n(C)n1. The summed E-state index contributed by atoms with van der Waals surface area (Å²) in [6.07, 6.45) is 7.63. The average Bonchev–Trinajstić information content (AvgIpc) is 2.96. The zero-order valence-corrected chi connectivity index (χ0v) is 13.6. The van der Waals surface area contributed by atoms with Crippen LogP contribution in [0.1, 0.15) is 25.5 Å². The van der Waals surface area contributed by atoms with E-state index in [2.05, 4.69) is 32.2 Å². The molecule has 1 aliphatic rings. The molecule has 1 saturated heterocycles. The highest BCUT2D eigenvalue weighted by molar-refractivity contribution is 5.92. The molecule has 0 unspecified atom stereocenters. The molecule has 0 atom stereocenters. The first kappa shape index (κ1) is 15.5. The first-order chi connectivity index (χ1) is 11.2. The van der Waals surface area contributed by atoms with Crippen LogP contribution in [0.3, 0.4) is 0 Å². The Balaban J connectivity index is 1.57. The molecular weight excluding hydrogens is 292 g/mol. The van der Waals surface area contributed by atoms with Gasteiger partial charge in [0.2, 0.25) is 5.91 Å². The number of aryl methyl sites for hydroxylation is 2. The second kappa shape index (κ2) is 6.76. The van der Waals surface area contributed by atoms with Gasteiger partial charge in [-0.2, -0.15) is 5.10 Å². The molecule has 1 N–H and O–H groups in total. The average molecular weight is 314 g/mol. The summed E-state index contributed by atoms with van der Waals surface area (Å²) in [5, 5.41) is 7.36. The van der Waals surface area contributed by atoms with Crippen LogP contribution in [0.15, 0.2) is 24.7 Å². The minimum Gasteiger partial charge on any atom is -0.355 e. The Kier molecular flexibility index (Phi) is 4.55. The number of nitrogens with one attached hydrogen (secondary N) is 1. The van der Waals surface area contributed by atoms with Crippen LogP contribution in [-0.4, -0.2) is 38.7 Å². The fraction of sp³-hybridized carbons (Fsp3) is 0.500. The van der Waals surface area contributed by atoms with Gasteiger partial charge in [-0.3, -0.25) is 14.5 Å². The highest BCUT2D eigenvalue weighted by Gasteiger charge is 2.26. The summed E-state index contributed by atoms with van der Waals surface area (Å²) in [4.78, 5) is 23.1. The second-order valence-electron chi connectivity index (χ2n) is 5.81. The highest BCUT2D eigenvalue weighted by Crippen LogP contribution is 2.22. The standard InChI is InChI=1S/C16H22N6O/c1-3-13-10-14(21(2)20-13)19-16(23)12-4-8-22(9-5-12)15-11-17-6-7-18-15/h6-7,10-12H,3-5,8-9H2,1-2H3,(H,19,23). The van der Waals surface area contributed by atoms with Gasteiger partial charge >= 0.3 is 0 Å². The first-order valence-corrected chi connectivity index (χ1v) is 8.02. The van der Waals surface area contributed by atoms with Crippen molar-refractivity contribution in [2.75, 3.05) is 23.3 Å². The van der Waals surface area contributed by atoms with Gasteiger partial charge in [0.25, 0.3) is 0 Å². The molecule has 122 valence electrons. The van der Waals surface area contributed by atoms with Crippen molar-refractivity contribution in [2.45, 2.75) is 26.2 Å². The van der Waals surface area contributed by atoms with Crippen LogP contribution in [0.5, 0.6) is 0 Å². The summed E-state index contributed by atoms with van der Waals surface area (Å²) >= 11 is 0. The molecule has 3 rings (SSSR count). The summed E-state index contributed by atoms with van der Waals surface area (Å²) in [5.41, 5.74) is 0.986. The fourth-order valence-corrected chi connectivity index (χ4v) is 2.87. The monoisotopic (exact) mass is 314 g/mol. The van der Waals surface area contributed by atoms with Gasteiger partial charge in [0.05, 0.1) is 11.9 Å². The van der Waals surface area contributed by atoms with Crippen molar-refractivity contribution in [3.63, 3.8) is 0 Å². The summed E-state index contributed by atoms with van der Waals surface area (Å²) in [6, 6.07) is 1.94. The molecule has 7 nitrogen and oxygen atoms in total. The van der Waals surface area contributed by atoms with Crippen molar-refractivity contribution < 1.29 is 4.79 Å². The fourth-order valence-electron chi connectivity index (χ4n) is 2.87. The van der Waals surface area contributed by atoms with Crippen molar-refractivity contribution in [3.05, 3.63) is 30.4 Å². The lowest BCUT2D eigenvalue weighted by Gasteiger charge is -2.31. The number of nitrogens with zero attached hydrogens (tertiary/aromatic N) is 5. The predicted octanol–water partition coefficient (Wildman–Crippen LogP) is 1.63. The third-order valence-corrected chi connectivity index (χ3v) is 4.28. The maximum atomic E-state index is 12.5. The lowest BCUT2D eigenvalue weighted by atomic mass is 9.96. The molecule has 0 aliphatic carbocycles. The predicted molar refractivity (Wildman–Crippen MR) is 88.2 cm³/mol. The molecule has 0 aromatic carbocycles. The molecule has 7 heteroatoms. The van der Waals surface area contributed by atoms with Gasteiger partial charge in [0.15, 0.2) is 0 Å². The Morgan fingerprint density at radius 2 is 2.13 bits per heavy atom. The van der Waals surface area contributed by atoms with E-state index in [4.69, 9.17) is 0 Å². The number of carbonyl (C=O) groups is 1. The minimum absolute atomic E-state index is 0.0305. The highest BCUT2D eigenvalue weighted by atomic mass is 16.2. The van der Waals surface area contributed by atoms with Crippen molar-refractivity contribution in [2.24, 2.45) is 13.0 Å². The van der Waals surface area contributed by atoms with Gasteiger partial charge in [0.1, 0.15) is 11.6 Å². The Morgan fingerprint density at radius 3 is 2.74 bits per heavy atom. The number of carbonyl (C=O) groups excluding carboxylic acids is 1. The van der Waals surface area contributed by atoms with E-state index in [0.717, 1.165) is 49.7 Å². The Bertz CT molecular complexity index is 660. The number of rotatable bonds is 4. The summed E-state index contributed by atoms with van der Waals surface area (Å²) in [7, 11) is 1.85. The van der Waals surface area contributed by atoms with Gasteiger partial charge in [-0.15, -0.1) is 0 Å². The van der Waals surface area contributed by atoms with Gasteiger partial charge in [-0.25, -0.2) is 4.98 Å². The first-order valence-electron chi connectivity index (χ1n) is 8.02. The smallest absolute Gasteiger partial charge is 0.228 e. The Hall–Kier alpha value is -2.44. The summed E-state index contributed by atoms with van der Waals surface area (Å²) in [5.74, 6) is 1.76. The van der Waals surface area contributed by atoms with Crippen molar-refractivity contribution in [1.82, 2.24) is 19.7 Å². The van der Waals surface area contributed by atoms with Crippen LogP contribution in [0.4, 0.5) is 11.6 Å². The van der Waals surface area contributed by atoms with E-state index in [1.165, 1.54) is 0 Å². The topological polar surface area (TPSA) is 75.9 Å². The zero-order chi connectivity index (χ0) is 16.2. The van der Waals surface area contributed by atoms with Crippen LogP contribution >= 0.6 is 0 Å². The lowest BCUT2D eigenvalue weighted by molar-refractivity contribution is -0.120. The molecule has 2 aromatic rings. The van der Waals surface area contributed by atoms with Crippen LogP contribution in [0.2, 0.25) is 0 Å². The molecule has 23 heavy (non-hydrogen) atoms. The van der Waals surface area contributed by atoms with E-state index in [0.29, 0.717) is 0 Å². The van der Waals surface area contributed by atoms with E-state index in [1.807, 2.05) is 13.1 Å². The Labute approximate surface area is 135 Å². The third kappa shape index (κ3) is 3.49. The Morgan fingerprint density at radius 1 is 1.35 bits per heavy atom. The minimum atomic E-state index is 0.0305. The number of aromatic nitrogens is 4. The van der Waals surface area contributed by atoms with E-state index >= 15 is 0 Å². The van der Waals surface area contributed by atoms with Gasteiger partial charge in [0, 0.05) is 44.5 Å². The summed E-state index contributed by atoms with van der Waals surface area (Å²) < 4.78 is 1.73. The normalized spacial score (nSPS) is 15.7. The molecule has 2 aromatic heterocycles. The number of hydrogen-bond donors (Lipinski definition) is 1. The number of piperidine rings is 1. The molecular formula is C16H22N6O. The molecule has 1 fully saturated rings. The molecule has 0 radical (unpaired) electrons. The van der Waals surface area contributed by atoms with Gasteiger partial charge in [-0.05, 0) is 19.3 Å². The number of amides is 1. The van der Waals surface area contributed by atoms with Crippen LogP contribution in [0, 0.1) is 5.92 Å². The maximum Gasteiger partial charge on any atom is 0.228 e. The molecule has 3 heterocycles. The van der Waals surface area contributed by atoms with Crippen molar-refractivity contribution >= 4 is 17.5 Å². The lowest BCUT2D eigenvalue weighted by Crippen LogP contribution is -2.38. The zero-order valence-electron chi connectivity index (χ0n) is 13.6. The third-order valence-electron chi connectivity index (χ3n) is 4.28. The second-order valence-corrected chi connectivity index (χ2v) is 5.81. The van der Waals surface area contributed by atoms with Crippen molar-refractivity contribution in [3.8, 4) is 0 Å². The largest absolute Gasteiger partial charge is 0.355 e. The van der Waals surface area contributed by atoms with E-state index in [1.54, 1.807) is 23.3 Å². The van der Waals surface area contributed by atoms with Crippen molar-refractivity contribution in [1.29, 1.82) is 0 Å². The van der Waals surface area contributed by atoms with Crippen LogP contribution in [-0.2, 0) is 18.3 Å².